The van der Waals surface area contributed by atoms with Gasteiger partial charge in [0.25, 0.3) is 5.91 Å². The van der Waals surface area contributed by atoms with E-state index in [2.05, 4.69) is 10.3 Å². The van der Waals surface area contributed by atoms with Crippen LogP contribution in [0.25, 0.3) is 22.0 Å². The SMILES string of the molecule is COc1ccc2cc3cc(C(=O)NCc4ccccc4OC)oc3nc2c1. The van der Waals surface area contributed by atoms with Gasteiger partial charge in [-0.25, -0.2) is 4.98 Å². The molecule has 27 heavy (non-hydrogen) atoms. The number of benzene rings is 2. The first kappa shape index (κ1) is 16.9. The standard InChI is InChI=1S/C21H18N2O4/c1-25-16-8-7-13-9-15-10-19(27-21(15)23-17(13)11-16)20(24)22-12-14-5-3-4-6-18(14)26-2/h3-11H,12H2,1-2H3,(H,22,24). The number of furan rings is 1. The highest BCUT2D eigenvalue weighted by molar-refractivity contribution is 5.98. The summed E-state index contributed by atoms with van der Waals surface area (Å²) in [6, 6.07) is 16.8. The molecule has 0 atom stereocenters. The Balaban J connectivity index is 1.59. The summed E-state index contributed by atoms with van der Waals surface area (Å²) in [5, 5.41) is 4.57. The van der Waals surface area contributed by atoms with E-state index < -0.39 is 0 Å². The van der Waals surface area contributed by atoms with Crippen molar-refractivity contribution < 1.29 is 18.7 Å². The second kappa shape index (κ2) is 6.99. The Morgan fingerprint density at radius 3 is 2.70 bits per heavy atom. The fourth-order valence-corrected chi connectivity index (χ4v) is 2.96. The minimum Gasteiger partial charge on any atom is -0.497 e. The summed E-state index contributed by atoms with van der Waals surface area (Å²) in [4.78, 5) is 17.0. The minimum atomic E-state index is -0.305. The summed E-state index contributed by atoms with van der Waals surface area (Å²) in [5.74, 6) is 1.36. The number of carbonyl (C=O) groups is 1. The zero-order valence-electron chi connectivity index (χ0n) is 15.0. The van der Waals surface area contributed by atoms with E-state index in [-0.39, 0.29) is 11.7 Å². The van der Waals surface area contributed by atoms with Gasteiger partial charge in [0.2, 0.25) is 5.71 Å². The summed E-state index contributed by atoms with van der Waals surface area (Å²) < 4.78 is 16.2. The van der Waals surface area contributed by atoms with E-state index in [1.165, 1.54) is 0 Å². The van der Waals surface area contributed by atoms with Gasteiger partial charge in [0.1, 0.15) is 11.5 Å². The van der Waals surface area contributed by atoms with Gasteiger partial charge in [0.15, 0.2) is 5.76 Å². The van der Waals surface area contributed by atoms with Gasteiger partial charge < -0.3 is 19.2 Å². The fraction of sp³-hybridized carbons (Fsp3) is 0.143. The molecule has 0 unspecified atom stereocenters. The van der Waals surface area contributed by atoms with Gasteiger partial charge in [0.05, 0.1) is 19.7 Å². The molecule has 0 saturated carbocycles. The Morgan fingerprint density at radius 2 is 1.89 bits per heavy atom. The quantitative estimate of drug-likeness (QED) is 0.582. The Bertz CT molecular complexity index is 1130. The molecule has 0 fully saturated rings. The van der Waals surface area contributed by atoms with E-state index in [0.29, 0.717) is 12.3 Å². The number of hydrogen-bond acceptors (Lipinski definition) is 5. The van der Waals surface area contributed by atoms with Crippen LogP contribution >= 0.6 is 0 Å². The smallest absolute Gasteiger partial charge is 0.287 e. The molecule has 1 amide bonds. The van der Waals surface area contributed by atoms with E-state index >= 15 is 0 Å². The lowest BCUT2D eigenvalue weighted by Gasteiger charge is -2.08. The lowest BCUT2D eigenvalue weighted by Crippen LogP contribution is -2.22. The maximum Gasteiger partial charge on any atom is 0.287 e. The molecule has 4 rings (SSSR count). The summed E-state index contributed by atoms with van der Waals surface area (Å²) in [5.41, 5.74) is 2.05. The molecule has 2 aromatic carbocycles. The number of ether oxygens (including phenoxy) is 2. The van der Waals surface area contributed by atoms with Crippen molar-refractivity contribution in [2.24, 2.45) is 0 Å². The molecule has 136 valence electrons. The molecule has 0 aliphatic carbocycles. The number of amides is 1. The highest BCUT2D eigenvalue weighted by Gasteiger charge is 2.14. The van der Waals surface area contributed by atoms with Crippen LogP contribution in [0.15, 0.2) is 59.0 Å². The van der Waals surface area contributed by atoms with Gasteiger partial charge in [-0.15, -0.1) is 0 Å². The molecule has 1 N–H and O–H groups in total. The average molecular weight is 362 g/mol. The number of aromatic nitrogens is 1. The zero-order valence-corrected chi connectivity index (χ0v) is 15.0. The number of carbonyl (C=O) groups excluding carboxylic acids is 1. The third-order valence-electron chi connectivity index (χ3n) is 4.37. The van der Waals surface area contributed by atoms with Crippen LogP contribution in [0.2, 0.25) is 0 Å². The van der Waals surface area contributed by atoms with E-state index in [1.54, 1.807) is 20.3 Å². The van der Waals surface area contributed by atoms with Crippen molar-refractivity contribution in [2.75, 3.05) is 14.2 Å². The van der Waals surface area contributed by atoms with Gasteiger partial charge in [0, 0.05) is 28.9 Å². The van der Waals surface area contributed by atoms with Crippen LogP contribution < -0.4 is 14.8 Å². The second-order valence-corrected chi connectivity index (χ2v) is 6.05. The third-order valence-corrected chi connectivity index (χ3v) is 4.37. The van der Waals surface area contributed by atoms with E-state index in [9.17, 15) is 4.79 Å². The number of rotatable bonds is 5. The van der Waals surface area contributed by atoms with Crippen molar-refractivity contribution in [3.05, 3.63) is 65.9 Å². The molecule has 0 aliphatic rings. The molecule has 0 radical (unpaired) electrons. The topological polar surface area (TPSA) is 73.6 Å². The van der Waals surface area contributed by atoms with Crippen LogP contribution in [-0.4, -0.2) is 25.1 Å². The van der Waals surface area contributed by atoms with Crippen molar-refractivity contribution in [1.29, 1.82) is 0 Å². The highest BCUT2D eigenvalue weighted by atomic mass is 16.5. The zero-order chi connectivity index (χ0) is 18.8. The third kappa shape index (κ3) is 3.29. The number of nitrogens with one attached hydrogen (secondary N) is 1. The summed E-state index contributed by atoms with van der Waals surface area (Å²) in [6.07, 6.45) is 0. The predicted octanol–water partition coefficient (Wildman–Crippen LogP) is 3.93. The normalized spacial score (nSPS) is 10.9. The summed E-state index contributed by atoms with van der Waals surface area (Å²) >= 11 is 0. The number of hydrogen-bond donors (Lipinski definition) is 1. The van der Waals surface area contributed by atoms with Crippen molar-refractivity contribution in [2.45, 2.75) is 6.54 Å². The average Bonchev–Trinajstić information content (AvgIpc) is 3.12. The number of fused-ring (bicyclic) bond motifs is 2. The van der Waals surface area contributed by atoms with Crippen LogP contribution in [0.3, 0.4) is 0 Å². The number of nitrogens with zero attached hydrogens (tertiary/aromatic N) is 1. The molecule has 2 heterocycles. The van der Waals surface area contributed by atoms with Crippen molar-refractivity contribution in [1.82, 2.24) is 10.3 Å². The molecule has 0 bridgehead atoms. The van der Waals surface area contributed by atoms with Crippen molar-refractivity contribution >= 4 is 27.9 Å². The van der Waals surface area contributed by atoms with Crippen LogP contribution in [-0.2, 0) is 6.54 Å². The first-order valence-corrected chi connectivity index (χ1v) is 8.46. The lowest BCUT2D eigenvalue weighted by molar-refractivity contribution is 0.0925. The van der Waals surface area contributed by atoms with Gasteiger partial charge >= 0.3 is 0 Å². The van der Waals surface area contributed by atoms with Crippen LogP contribution in [0, 0.1) is 0 Å². The molecule has 4 aromatic rings. The van der Waals surface area contributed by atoms with E-state index in [0.717, 1.165) is 33.4 Å². The lowest BCUT2D eigenvalue weighted by atomic mass is 10.2. The van der Waals surface area contributed by atoms with Gasteiger partial charge in [-0.05, 0) is 30.3 Å². The summed E-state index contributed by atoms with van der Waals surface area (Å²) in [6.45, 7) is 0.340. The molecular formula is C21H18N2O4. The van der Waals surface area contributed by atoms with Crippen LogP contribution in [0.5, 0.6) is 11.5 Å². The fourth-order valence-electron chi connectivity index (χ4n) is 2.96. The van der Waals surface area contributed by atoms with Gasteiger partial charge in [-0.3, -0.25) is 4.79 Å². The number of para-hydroxylation sites is 1. The molecular weight excluding hydrogens is 344 g/mol. The van der Waals surface area contributed by atoms with Gasteiger partial charge in [-0.2, -0.15) is 0 Å². The maximum atomic E-state index is 12.5. The van der Waals surface area contributed by atoms with Crippen molar-refractivity contribution in [3.8, 4) is 11.5 Å². The second-order valence-electron chi connectivity index (χ2n) is 6.05. The Kier molecular flexibility index (Phi) is 4.38. The van der Waals surface area contributed by atoms with E-state index in [4.69, 9.17) is 13.9 Å². The molecule has 2 aromatic heterocycles. The Hall–Kier alpha value is -3.54. The largest absolute Gasteiger partial charge is 0.497 e. The van der Waals surface area contributed by atoms with Crippen LogP contribution in [0.1, 0.15) is 16.1 Å². The first-order chi connectivity index (χ1) is 13.2. The van der Waals surface area contributed by atoms with Gasteiger partial charge in [-0.1, -0.05) is 18.2 Å². The Labute approximate surface area is 155 Å². The van der Waals surface area contributed by atoms with Crippen LogP contribution in [0.4, 0.5) is 0 Å². The maximum absolute atomic E-state index is 12.5. The first-order valence-electron chi connectivity index (χ1n) is 8.46. The molecule has 0 spiro atoms. The molecule has 0 saturated heterocycles. The monoisotopic (exact) mass is 362 g/mol. The number of methoxy groups -OCH3 is 2. The highest BCUT2D eigenvalue weighted by Crippen LogP contribution is 2.26. The minimum absolute atomic E-state index is 0.217. The number of pyridine rings is 1. The summed E-state index contributed by atoms with van der Waals surface area (Å²) in [7, 11) is 3.21. The molecule has 0 aliphatic heterocycles. The van der Waals surface area contributed by atoms with E-state index in [1.807, 2.05) is 48.5 Å². The Morgan fingerprint density at radius 1 is 1.04 bits per heavy atom. The molecule has 6 heteroatoms. The van der Waals surface area contributed by atoms with Crippen molar-refractivity contribution in [3.63, 3.8) is 0 Å². The predicted molar refractivity (Wildman–Crippen MR) is 102 cm³/mol. The molecule has 6 nitrogen and oxygen atoms in total.